The van der Waals surface area contributed by atoms with Crippen LogP contribution in [-0.4, -0.2) is 40.6 Å². The summed E-state index contributed by atoms with van der Waals surface area (Å²) in [5.74, 6) is 1.69. The molecular formula is C19H26N4O2. The molecule has 2 heterocycles. The Morgan fingerprint density at radius 2 is 2.20 bits per heavy atom. The van der Waals surface area contributed by atoms with Crippen molar-refractivity contribution in [1.82, 2.24) is 20.4 Å². The second-order valence-electron chi connectivity index (χ2n) is 6.59. The summed E-state index contributed by atoms with van der Waals surface area (Å²) in [6.45, 7) is 5.34. The predicted octanol–water partition coefficient (Wildman–Crippen LogP) is 2.20. The molecule has 25 heavy (non-hydrogen) atoms. The quantitative estimate of drug-likeness (QED) is 0.835. The Balaban J connectivity index is 1.54. The number of nitrogens with zero attached hydrogens (tertiary/aromatic N) is 3. The minimum atomic E-state index is 0.0260. The fourth-order valence-corrected chi connectivity index (χ4v) is 3.22. The molecule has 2 aromatic rings. The van der Waals surface area contributed by atoms with Crippen molar-refractivity contribution in [3.8, 4) is 0 Å². The van der Waals surface area contributed by atoms with E-state index in [4.69, 9.17) is 4.52 Å². The van der Waals surface area contributed by atoms with Crippen LogP contribution in [-0.2, 0) is 24.2 Å². The van der Waals surface area contributed by atoms with Gasteiger partial charge in [0, 0.05) is 19.5 Å². The maximum Gasteiger partial charge on any atom is 0.230 e. The van der Waals surface area contributed by atoms with Crippen molar-refractivity contribution in [3.05, 3.63) is 47.6 Å². The number of nitrogens with one attached hydrogen (secondary N) is 1. The first-order chi connectivity index (χ1) is 12.2. The zero-order valence-electron chi connectivity index (χ0n) is 14.8. The first kappa shape index (κ1) is 17.6. The van der Waals surface area contributed by atoms with Crippen LogP contribution in [0.1, 0.15) is 37.0 Å². The standard InChI is InChI=1S/C19H26N4O2/c1-2-23(14-15-7-4-3-5-8-15)19(24)12-17-21-18(25-22-17)11-16-9-6-10-20-13-16/h3-5,7-8,16,20H,2,6,9-14H2,1H3/t16-/m1/s1. The third kappa shape index (κ3) is 5.13. The van der Waals surface area contributed by atoms with E-state index in [1.807, 2.05) is 42.2 Å². The van der Waals surface area contributed by atoms with Crippen molar-refractivity contribution < 1.29 is 9.32 Å². The number of aromatic nitrogens is 2. The molecule has 0 radical (unpaired) electrons. The Morgan fingerprint density at radius 3 is 2.92 bits per heavy atom. The monoisotopic (exact) mass is 342 g/mol. The third-order valence-corrected chi connectivity index (χ3v) is 4.63. The molecule has 1 aliphatic heterocycles. The highest BCUT2D eigenvalue weighted by Gasteiger charge is 2.19. The smallest absolute Gasteiger partial charge is 0.230 e. The fraction of sp³-hybridized carbons (Fsp3) is 0.526. The Hall–Kier alpha value is -2.21. The second kappa shape index (κ2) is 8.76. The largest absolute Gasteiger partial charge is 0.339 e. The number of carbonyl (C=O) groups is 1. The Kier molecular flexibility index (Phi) is 6.17. The Labute approximate surface area is 148 Å². The molecule has 6 heteroatoms. The summed E-state index contributed by atoms with van der Waals surface area (Å²) in [7, 11) is 0. The van der Waals surface area contributed by atoms with Crippen LogP contribution in [0.2, 0.25) is 0 Å². The number of likely N-dealkylation sites (N-methyl/N-ethyl adjacent to an activating group) is 1. The van der Waals surface area contributed by atoms with Gasteiger partial charge in [0.15, 0.2) is 5.82 Å². The number of piperidine rings is 1. The molecule has 1 aromatic carbocycles. The molecule has 0 saturated carbocycles. The van der Waals surface area contributed by atoms with Crippen molar-refractivity contribution >= 4 is 5.91 Å². The van der Waals surface area contributed by atoms with Crippen molar-refractivity contribution in [2.24, 2.45) is 5.92 Å². The molecule has 1 atom stereocenters. The number of hydrogen-bond acceptors (Lipinski definition) is 5. The average Bonchev–Trinajstić information content (AvgIpc) is 3.08. The summed E-state index contributed by atoms with van der Waals surface area (Å²) in [5, 5.41) is 7.38. The SMILES string of the molecule is CCN(Cc1ccccc1)C(=O)Cc1noc(C[C@H]2CCCNC2)n1. The maximum atomic E-state index is 12.5. The van der Waals surface area contributed by atoms with E-state index < -0.39 is 0 Å². The molecule has 1 N–H and O–H groups in total. The average molecular weight is 342 g/mol. The molecule has 0 unspecified atom stereocenters. The van der Waals surface area contributed by atoms with E-state index >= 15 is 0 Å². The normalized spacial score (nSPS) is 17.4. The van der Waals surface area contributed by atoms with Gasteiger partial charge in [-0.2, -0.15) is 4.98 Å². The lowest BCUT2D eigenvalue weighted by Crippen LogP contribution is -2.32. The molecule has 1 amide bonds. The molecule has 0 bridgehead atoms. The highest BCUT2D eigenvalue weighted by Crippen LogP contribution is 2.15. The number of carbonyl (C=O) groups excluding carboxylic acids is 1. The van der Waals surface area contributed by atoms with Gasteiger partial charge in [-0.25, -0.2) is 0 Å². The molecule has 1 aliphatic rings. The van der Waals surface area contributed by atoms with Crippen molar-refractivity contribution in [1.29, 1.82) is 0 Å². The van der Waals surface area contributed by atoms with E-state index in [0.29, 0.717) is 30.7 Å². The summed E-state index contributed by atoms with van der Waals surface area (Å²) < 4.78 is 5.34. The van der Waals surface area contributed by atoms with Crippen LogP contribution in [0.15, 0.2) is 34.9 Å². The van der Waals surface area contributed by atoms with E-state index in [-0.39, 0.29) is 12.3 Å². The van der Waals surface area contributed by atoms with Gasteiger partial charge in [-0.1, -0.05) is 35.5 Å². The van der Waals surface area contributed by atoms with E-state index in [2.05, 4.69) is 15.5 Å². The lowest BCUT2D eigenvalue weighted by molar-refractivity contribution is -0.131. The lowest BCUT2D eigenvalue weighted by Gasteiger charge is -2.20. The minimum absolute atomic E-state index is 0.0260. The molecule has 0 aliphatic carbocycles. The zero-order chi connectivity index (χ0) is 17.5. The highest BCUT2D eigenvalue weighted by atomic mass is 16.5. The van der Waals surface area contributed by atoms with Gasteiger partial charge in [-0.15, -0.1) is 0 Å². The summed E-state index contributed by atoms with van der Waals surface area (Å²) >= 11 is 0. The topological polar surface area (TPSA) is 71.3 Å². The van der Waals surface area contributed by atoms with Crippen LogP contribution in [0.4, 0.5) is 0 Å². The van der Waals surface area contributed by atoms with Crippen LogP contribution in [0.25, 0.3) is 0 Å². The van der Waals surface area contributed by atoms with E-state index in [0.717, 1.165) is 25.1 Å². The van der Waals surface area contributed by atoms with Crippen LogP contribution in [0.3, 0.4) is 0 Å². The van der Waals surface area contributed by atoms with Crippen molar-refractivity contribution in [2.45, 2.75) is 39.2 Å². The summed E-state index contributed by atoms with van der Waals surface area (Å²) in [6.07, 6.45) is 3.35. The first-order valence-electron chi connectivity index (χ1n) is 9.08. The van der Waals surface area contributed by atoms with Crippen molar-refractivity contribution in [2.75, 3.05) is 19.6 Å². The van der Waals surface area contributed by atoms with Gasteiger partial charge in [0.05, 0.1) is 6.42 Å². The summed E-state index contributed by atoms with van der Waals surface area (Å²) in [4.78, 5) is 18.8. The lowest BCUT2D eigenvalue weighted by atomic mass is 9.96. The number of amides is 1. The maximum absolute atomic E-state index is 12.5. The second-order valence-corrected chi connectivity index (χ2v) is 6.59. The van der Waals surface area contributed by atoms with Crippen LogP contribution < -0.4 is 5.32 Å². The molecule has 134 valence electrons. The summed E-state index contributed by atoms with van der Waals surface area (Å²) in [5.41, 5.74) is 1.12. The predicted molar refractivity (Wildman–Crippen MR) is 94.8 cm³/mol. The van der Waals surface area contributed by atoms with Gasteiger partial charge in [-0.05, 0) is 44.3 Å². The Bertz CT molecular complexity index is 665. The number of benzene rings is 1. The molecule has 3 rings (SSSR count). The van der Waals surface area contributed by atoms with E-state index in [1.54, 1.807) is 0 Å². The third-order valence-electron chi connectivity index (χ3n) is 4.63. The van der Waals surface area contributed by atoms with Crippen molar-refractivity contribution in [3.63, 3.8) is 0 Å². The highest BCUT2D eigenvalue weighted by molar-refractivity contribution is 5.77. The Morgan fingerprint density at radius 1 is 1.36 bits per heavy atom. The van der Waals surface area contributed by atoms with Crippen LogP contribution >= 0.6 is 0 Å². The first-order valence-corrected chi connectivity index (χ1v) is 9.08. The molecule has 0 spiro atoms. The van der Waals surface area contributed by atoms with Gasteiger partial charge in [0.25, 0.3) is 0 Å². The number of hydrogen-bond donors (Lipinski definition) is 1. The molecule has 1 saturated heterocycles. The van der Waals surface area contributed by atoms with Crippen LogP contribution in [0, 0.1) is 5.92 Å². The molecule has 6 nitrogen and oxygen atoms in total. The van der Waals surface area contributed by atoms with Gasteiger partial charge >= 0.3 is 0 Å². The minimum Gasteiger partial charge on any atom is -0.339 e. The van der Waals surface area contributed by atoms with Gasteiger partial charge < -0.3 is 14.7 Å². The van der Waals surface area contributed by atoms with Gasteiger partial charge in [0.2, 0.25) is 11.8 Å². The summed E-state index contributed by atoms with van der Waals surface area (Å²) in [6, 6.07) is 10.0. The molecule has 1 fully saturated rings. The van der Waals surface area contributed by atoms with Gasteiger partial charge in [0.1, 0.15) is 0 Å². The van der Waals surface area contributed by atoms with E-state index in [9.17, 15) is 4.79 Å². The molecule has 1 aromatic heterocycles. The zero-order valence-corrected chi connectivity index (χ0v) is 14.8. The fourth-order valence-electron chi connectivity index (χ4n) is 3.22. The number of rotatable bonds is 7. The van der Waals surface area contributed by atoms with Gasteiger partial charge in [-0.3, -0.25) is 4.79 Å². The van der Waals surface area contributed by atoms with Crippen LogP contribution in [0.5, 0.6) is 0 Å². The molecular weight excluding hydrogens is 316 g/mol. The van der Waals surface area contributed by atoms with E-state index in [1.165, 1.54) is 12.8 Å².